The lowest BCUT2D eigenvalue weighted by atomic mass is 10.1. The predicted molar refractivity (Wildman–Crippen MR) is 112 cm³/mol. The largest absolute Gasteiger partial charge is 0.395 e. The molecule has 28 heavy (non-hydrogen) atoms. The number of amides is 3. The van der Waals surface area contributed by atoms with Crippen molar-refractivity contribution in [2.75, 3.05) is 31.6 Å². The zero-order valence-corrected chi connectivity index (χ0v) is 16.7. The van der Waals surface area contributed by atoms with Crippen LogP contribution < -0.4 is 10.6 Å². The second kappa shape index (κ2) is 11.3. The van der Waals surface area contributed by atoms with E-state index in [4.69, 9.17) is 11.6 Å². The van der Waals surface area contributed by atoms with Crippen LogP contribution in [-0.2, 0) is 11.2 Å². The SMILES string of the molecule is Cc1c(Cl)cccc1NC(=O)CCNC(=O)N(CCO)CCc1ccccc1. The molecule has 0 saturated carbocycles. The van der Waals surface area contributed by atoms with Gasteiger partial charge in [0.1, 0.15) is 0 Å². The zero-order valence-electron chi connectivity index (χ0n) is 16.0. The molecular formula is C21H26ClN3O3. The Morgan fingerprint density at radius 3 is 2.54 bits per heavy atom. The molecule has 0 unspecified atom stereocenters. The molecule has 2 aromatic rings. The van der Waals surface area contributed by atoms with Crippen molar-refractivity contribution in [2.24, 2.45) is 0 Å². The van der Waals surface area contributed by atoms with Crippen molar-refractivity contribution in [2.45, 2.75) is 19.8 Å². The third-order valence-corrected chi connectivity index (χ3v) is 4.75. The molecule has 0 aliphatic heterocycles. The van der Waals surface area contributed by atoms with Crippen LogP contribution in [-0.4, -0.2) is 48.2 Å². The van der Waals surface area contributed by atoms with Crippen molar-refractivity contribution in [3.63, 3.8) is 0 Å². The monoisotopic (exact) mass is 403 g/mol. The van der Waals surface area contributed by atoms with Crippen LogP contribution in [0.25, 0.3) is 0 Å². The summed E-state index contributed by atoms with van der Waals surface area (Å²) in [5, 5.41) is 15.3. The number of aliphatic hydroxyl groups excluding tert-OH is 1. The van der Waals surface area contributed by atoms with Gasteiger partial charge in [0.15, 0.2) is 0 Å². The molecule has 0 fully saturated rings. The summed E-state index contributed by atoms with van der Waals surface area (Å²) >= 11 is 6.05. The molecule has 2 rings (SSSR count). The highest BCUT2D eigenvalue weighted by molar-refractivity contribution is 6.31. The maximum atomic E-state index is 12.3. The van der Waals surface area contributed by atoms with Crippen molar-refractivity contribution >= 4 is 29.2 Å². The predicted octanol–water partition coefficient (Wildman–Crippen LogP) is 3.22. The van der Waals surface area contributed by atoms with E-state index in [1.54, 1.807) is 23.1 Å². The van der Waals surface area contributed by atoms with Gasteiger partial charge in [-0.2, -0.15) is 0 Å². The lowest BCUT2D eigenvalue weighted by Crippen LogP contribution is -2.43. The highest BCUT2D eigenvalue weighted by Crippen LogP contribution is 2.22. The van der Waals surface area contributed by atoms with E-state index < -0.39 is 0 Å². The summed E-state index contributed by atoms with van der Waals surface area (Å²) in [4.78, 5) is 26.0. The Balaban J connectivity index is 1.78. The molecule has 0 heterocycles. The molecule has 6 nitrogen and oxygen atoms in total. The fraction of sp³-hybridized carbons (Fsp3) is 0.333. The molecule has 0 aromatic heterocycles. The number of urea groups is 1. The van der Waals surface area contributed by atoms with Crippen LogP contribution in [0.5, 0.6) is 0 Å². The first-order chi connectivity index (χ1) is 13.5. The second-order valence-corrected chi connectivity index (χ2v) is 6.80. The first-order valence-corrected chi connectivity index (χ1v) is 9.61. The first kappa shape index (κ1) is 21.7. The lowest BCUT2D eigenvalue weighted by Gasteiger charge is -2.22. The average molecular weight is 404 g/mol. The van der Waals surface area contributed by atoms with Crippen LogP contribution in [0.1, 0.15) is 17.5 Å². The van der Waals surface area contributed by atoms with Gasteiger partial charge in [0.05, 0.1) is 6.61 Å². The summed E-state index contributed by atoms with van der Waals surface area (Å²) in [6.45, 7) is 2.66. The van der Waals surface area contributed by atoms with E-state index in [-0.39, 0.29) is 38.1 Å². The molecule has 0 radical (unpaired) electrons. The van der Waals surface area contributed by atoms with Crippen LogP contribution >= 0.6 is 11.6 Å². The van der Waals surface area contributed by atoms with Gasteiger partial charge in [-0.1, -0.05) is 48.0 Å². The summed E-state index contributed by atoms with van der Waals surface area (Å²) in [6.07, 6.45) is 0.839. The number of hydrogen-bond donors (Lipinski definition) is 3. The molecule has 7 heteroatoms. The Kier molecular flexibility index (Phi) is 8.78. The summed E-state index contributed by atoms with van der Waals surface area (Å²) in [7, 11) is 0. The summed E-state index contributed by atoms with van der Waals surface area (Å²) in [5.74, 6) is -0.205. The number of nitrogens with zero attached hydrogens (tertiary/aromatic N) is 1. The Hall–Kier alpha value is -2.57. The van der Waals surface area contributed by atoms with E-state index in [0.29, 0.717) is 23.7 Å². The number of anilines is 1. The van der Waals surface area contributed by atoms with E-state index in [1.165, 1.54) is 0 Å². The van der Waals surface area contributed by atoms with Gasteiger partial charge in [-0.05, 0) is 36.6 Å². The zero-order chi connectivity index (χ0) is 20.4. The Labute approximate surface area is 170 Å². The van der Waals surface area contributed by atoms with Crippen molar-refractivity contribution in [3.8, 4) is 0 Å². The third-order valence-electron chi connectivity index (χ3n) is 4.34. The van der Waals surface area contributed by atoms with Crippen LogP contribution in [0, 0.1) is 6.92 Å². The number of halogens is 1. The number of aliphatic hydroxyl groups is 1. The minimum absolute atomic E-state index is 0.114. The van der Waals surface area contributed by atoms with Gasteiger partial charge in [-0.3, -0.25) is 4.79 Å². The quantitative estimate of drug-likeness (QED) is 0.601. The molecular weight excluding hydrogens is 378 g/mol. The molecule has 150 valence electrons. The van der Waals surface area contributed by atoms with E-state index in [9.17, 15) is 14.7 Å². The average Bonchev–Trinajstić information content (AvgIpc) is 2.69. The number of benzene rings is 2. The van der Waals surface area contributed by atoms with Crippen LogP contribution in [0.3, 0.4) is 0 Å². The van der Waals surface area contributed by atoms with Gasteiger partial charge in [-0.15, -0.1) is 0 Å². The first-order valence-electron chi connectivity index (χ1n) is 9.23. The highest BCUT2D eigenvalue weighted by Gasteiger charge is 2.13. The standard InChI is InChI=1S/C21H26ClN3O3/c1-16-18(22)8-5-9-19(16)24-20(27)10-12-23-21(28)25(14-15-26)13-11-17-6-3-2-4-7-17/h2-9,26H,10-15H2,1H3,(H,23,28)(H,24,27). The topological polar surface area (TPSA) is 81.7 Å². The van der Waals surface area contributed by atoms with Gasteiger partial charge in [0, 0.05) is 36.8 Å². The highest BCUT2D eigenvalue weighted by atomic mass is 35.5. The molecule has 0 aliphatic rings. The number of rotatable bonds is 9. The van der Waals surface area contributed by atoms with Crippen LogP contribution in [0.2, 0.25) is 5.02 Å². The normalized spacial score (nSPS) is 10.4. The van der Waals surface area contributed by atoms with Gasteiger partial charge in [-0.25, -0.2) is 4.79 Å². The maximum absolute atomic E-state index is 12.3. The number of carbonyl (C=O) groups is 2. The van der Waals surface area contributed by atoms with Gasteiger partial charge >= 0.3 is 6.03 Å². The fourth-order valence-corrected chi connectivity index (χ4v) is 2.87. The van der Waals surface area contributed by atoms with Crippen molar-refractivity contribution in [3.05, 3.63) is 64.7 Å². The van der Waals surface area contributed by atoms with Crippen molar-refractivity contribution in [1.82, 2.24) is 10.2 Å². The fourth-order valence-electron chi connectivity index (χ4n) is 2.69. The van der Waals surface area contributed by atoms with E-state index in [2.05, 4.69) is 10.6 Å². The molecule has 0 aliphatic carbocycles. The second-order valence-electron chi connectivity index (χ2n) is 6.39. The van der Waals surface area contributed by atoms with Crippen LogP contribution in [0.15, 0.2) is 48.5 Å². The molecule has 3 amide bonds. The van der Waals surface area contributed by atoms with Gasteiger partial charge < -0.3 is 20.6 Å². The van der Waals surface area contributed by atoms with E-state index >= 15 is 0 Å². The molecule has 0 spiro atoms. The Morgan fingerprint density at radius 2 is 1.82 bits per heavy atom. The van der Waals surface area contributed by atoms with E-state index in [0.717, 1.165) is 11.1 Å². The minimum Gasteiger partial charge on any atom is -0.395 e. The number of hydrogen-bond acceptors (Lipinski definition) is 3. The molecule has 0 saturated heterocycles. The smallest absolute Gasteiger partial charge is 0.317 e. The molecule has 3 N–H and O–H groups in total. The summed E-state index contributed by atoms with van der Waals surface area (Å²) in [5.41, 5.74) is 2.58. The molecule has 0 bridgehead atoms. The van der Waals surface area contributed by atoms with Crippen molar-refractivity contribution < 1.29 is 14.7 Å². The van der Waals surface area contributed by atoms with Crippen LogP contribution in [0.4, 0.5) is 10.5 Å². The summed E-state index contributed by atoms with van der Waals surface area (Å²) < 4.78 is 0. The Morgan fingerprint density at radius 1 is 1.07 bits per heavy atom. The summed E-state index contributed by atoms with van der Waals surface area (Å²) in [6, 6.07) is 14.9. The maximum Gasteiger partial charge on any atom is 0.317 e. The van der Waals surface area contributed by atoms with Gasteiger partial charge in [0.25, 0.3) is 0 Å². The minimum atomic E-state index is -0.295. The van der Waals surface area contributed by atoms with E-state index in [1.807, 2.05) is 37.3 Å². The molecule has 0 atom stereocenters. The Bertz CT molecular complexity index is 784. The number of carbonyl (C=O) groups excluding carboxylic acids is 2. The molecule has 2 aromatic carbocycles. The third kappa shape index (κ3) is 6.87. The number of nitrogens with one attached hydrogen (secondary N) is 2. The lowest BCUT2D eigenvalue weighted by molar-refractivity contribution is -0.116. The van der Waals surface area contributed by atoms with Crippen molar-refractivity contribution in [1.29, 1.82) is 0 Å². The van der Waals surface area contributed by atoms with Gasteiger partial charge in [0.2, 0.25) is 5.91 Å².